The van der Waals surface area contributed by atoms with Crippen molar-refractivity contribution < 1.29 is 18.9 Å². The minimum Gasteiger partial charge on any atom is -0.373 e. The molecule has 0 aromatic heterocycles. The average molecular weight is 204 g/mol. The van der Waals surface area contributed by atoms with Crippen LogP contribution in [0.2, 0.25) is 0 Å². The van der Waals surface area contributed by atoms with Crippen LogP contribution in [0.3, 0.4) is 0 Å². The fourth-order valence-electron chi connectivity index (χ4n) is 1.92. The highest BCUT2D eigenvalue weighted by Gasteiger charge is 2.49. The lowest BCUT2D eigenvalue weighted by Gasteiger charge is -2.46. The molecule has 14 heavy (non-hydrogen) atoms. The Labute approximate surface area is 85.5 Å². The maximum atomic E-state index is 5.64. The first kappa shape index (κ1) is 11.9. The van der Waals surface area contributed by atoms with Gasteiger partial charge in [-0.25, -0.2) is 0 Å². The molecule has 1 atom stereocenters. The van der Waals surface area contributed by atoms with Crippen molar-refractivity contribution in [3.05, 3.63) is 0 Å². The Balaban J connectivity index is 2.83. The van der Waals surface area contributed by atoms with E-state index in [0.29, 0.717) is 13.0 Å². The molecule has 1 saturated heterocycles. The predicted molar refractivity (Wildman–Crippen MR) is 52.2 cm³/mol. The number of methoxy groups -OCH3 is 3. The van der Waals surface area contributed by atoms with Crippen molar-refractivity contribution in [2.45, 2.75) is 37.8 Å². The summed E-state index contributed by atoms with van der Waals surface area (Å²) in [6.07, 6.45) is 0.483. The molecular weight excluding hydrogens is 184 g/mol. The van der Waals surface area contributed by atoms with Crippen LogP contribution in [0.15, 0.2) is 0 Å². The summed E-state index contributed by atoms with van der Waals surface area (Å²) in [5.74, 6) is -0.684. The van der Waals surface area contributed by atoms with E-state index in [-0.39, 0.29) is 11.7 Å². The lowest BCUT2D eigenvalue weighted by atomic mass is 9.91. The number of rotatable bonds is 3. The average Bonchev–Trinajstić information content (AvgIpc) is 2.16. The van der Waals surface area contributed by atoms with Gasteiger partial charge in [0.1, 0.15) is 6.10 Å². The van der Waals surface area contributed by atoms with E-state index in [2.05, 4.69) is 0 Å². The van der Waals surface area contributed by atoms with E-state index < -0.39 is 5.79 Å². The van der Waals surface area contributed by atoms with Crippen molar-refractivity contribution >= 4 is 0 Å². The smallest absolute Gasteiger partial charge is 0.199 e. The molecule has 4 heteroatoms. The third-order valence-corrected chi connectivity index (χ3v) is 2.76. The van der Waals surface area contributed by atoms with Crippen LogP contribution in [0.1, 0.15) is 20.3 Å². The van der Waals surface area contributed by atoms with E-state index in [4.69, 9.17) is 18.9 Å². The molecule has 0 saturated carbocycles. The van der Waals surface area contributed by atoms with Crippen LogP contribution < -0.4 is 0 Å². The second-order valence-corrected chi connectivity index (χ2v) is 4.19. The quantitative estimate of drug-likeness (QED) is 0.647. The zero-order valence-electron chi connectivity index (χ0n) is 9.62. The molecule has 1 heterocycles. The highest BCUT2D eigenvalue weighted by molar-refractivity contribution is 4.92. The van der Waals surface area contributed by atoms with Crippen molar-refractivity contribution in [1.82, 2.24) is 0 Å². The van der Waals surface area contributed by atoms with E-state index in [0.717, 1.165) is 0 Å². The second-order valence-electron chi connectivity index (χ2n) is 4.19. The molecule has 0 spiro atoms. The Morgan fingerprint density at radius 2 is 1.71 bits per heavy atom. The van der Waals surface area contributed by atoms with Crippen LogP contribution in [-0.2, 0) is 18.9 Å². The Bertz CT molecular complexity index is 187. The number of hydrogen-bond acceptors (Lipinski definition) is 4. The van der Waals surface area contributed by atoms with Gasteiger partial charge >= 0.3 is 0 Å². The molecule has 0 amide bonds. The monoisotopic (exact) mass is 204 g/mol. The third-order valence-electron chi connectivity index (χ3n) is 2.76. The lowest BCUT2D eigenvalue weighted by Crippen LogP contribution is -2.58. The normalized spacial score (nSPS) is 30.2. The minimum absolute atomic E-state index is 0.175. The first-order chi connectivity index (χ1) is 6.49. The summed E-state index contributed by atoms with van der Waals surface area (Å²) in [7, 11) is 4.91. The van der Waals surface area contributed by atoms with Gasteiger partial charge in [0.15, 0.2) is 5.79 Å². The minimum atomic E-state index is -0.684. The van der Waals surface area contributed by atoms with E-state index >= 15 is 0 Å². The Morgan fingerprint density at radius 1 is 1.14 bits per heavy atom. The maximum absolute atomic E-state index is 5.64. The molecule has 84 valence electrons. The molecular formula is C10H20O4. The zero-order chi connectivity index (χ0) is 10.8. The largest absolute Gasteiger partial charge is 0.373 e. The van der Waals surface area contributed by atoms with Crippen molar-refractivity contribution in [1.29, 1.82) is 0 Å². The molecule has 0 bridgehead atoms. The van der Waals surface area contributed by atoms with Gasteiger partial charge in [-0.05, 0) is 13.8 Å². The standard InChI is InChI=1S/C10H20O4/c1-9(2)7-10(12-4,13-5)8(11-3)6-14-9/h8H,6-7H2,1-5H3. The lowest BCUT2D eigenvalue weighted by molar-refractivity contribution is -0.323. The summed E-state index contributed by atoms with van der Waals surface area (Å²) >= 11 is 0. The van der Waals surface area contributed by atoms with Gasteiger partial charge in [0.2, 0.25) is 0 Å². The molecule has 1 aliphatic rings. The van der Waals surface area contributed by atoms with Crippen LogP contribution in [-0.4, -0.2) is 45.4 Å². The maximum Gasteiger partial charge on any atom is 0.199 e. The summed E-state index contributed by atoms with van der Waals surface area (Å²) in [6, 6.07) is 0. The SMILES string of the molecule is COC1COC(C)(C)CC1(OC)OC. The second kappa shape index (κ2) is 4.14. The molecule has 1 fully saturated rings. The van der Waals surface area contributed by atoms with Crippen molar-refractivity contribution in [3.8, 4) is 0 Å². The van der Waals surface area contributed by atoms with Gasteiger partial charge in [0.25, 0.3) is 0 Å². The molecule has 1 aliphatic heterocycles. The van der Waals surface area contributed by atoms with Gasteiger partial charge in [-0.1, -0.05) is 0 Å². The van der Waals surface area contributed by atoms with Crippen molar-refractivity contribution in [3.63, 3.8) is 0 Å². The van der Waals surface area contributed by atoms with E-state index in [1.54, 1.807) is 21.3 Å². The van der Waals surface area contributed by atoms with Gasteiger partial charge in [0, 0.05) is 27.8 Å². The Hall–Kier alpha value is -0.160. The van der Waals surface area contributed by atoms with Crippen molar-refractivity contribution in [2.75, 3.05) is 27.9 Å². The van der Waals surface area contributed by atoms with Gasteiger partial charge in [-0.15, -0.1) is 0 Å². The summed E-state index contributed by atoms with van der Waals surface area (Å²) < 4.78 is 21.8. The van der Waals surface area contributed by atoms with E-state index in [1.165, 1.54) is 0 Å². The highest BCUT2D eigenvalue weighted by atomic mass is 16.7. The van der Waals surface area contributed by atoms with E-state index in [1.807, 2.05) is 13.8 Å². The predicted octanol–water partition coefficient (Wildman–Crippen LogP) is 1.19. The molecule has 0 radical (unpaired) electrons. The molecule has 1 rings (SSSR count). The molecule has 0 aliphatic carbocycles. The third kappa shape index (κ3) is 2.08. The molecule has 4 nitrogen and oxygen atoms in total. The molecule has 0 aromatic rings. The van der Waals surface area contributed by atoms with Crippen LogP contribution in [0.25, 0.3) is 0 Å². The summed E-state index contributed by atoms with van der Waals surface area (Å²) in [5.41, 5.74) is -0.235. The van der Waals surface area contributed by atoms with Gasteiger partial charge in [-0.3, -0.25) is 0 Å². The fraction of sp³-hybridized carbons (Fsp3) is 1.00. The van der Waals surface area contributed by atoms with Crippen LogP contribution >= 0.6 is 0 Å². The number of ether oxygens (including phenoxy) is 4. The molecule has 0 N–H and O–H groups in total. The van der Waals surface area contributed by atoms with Crippen LogP contribution in [0, 0.1) is 0 Å². The summed E-state index contributed by atoms with van der Waals surface area (Å²) in [4.78, 5) is 0. The van der Waals surface area contributed by atoms with E-state index in [9.17, 15) is 0 Å². The summed E-state index contributed by atoms with van der Waals surface area (Å²) in [5, 5.41) is 0. The van der Waals surface area contributed by atoms with Gasteiger partial charge < -0.3 is 18.9 Å². The first-order valence-electron chi connectivity index (χ1n) is 4.77. The Morgan fingerprint density at radius 3 is 2.14 bits per heavy atom. The topological polar surface area (TPSA) is 36.9 Å². The highest BCUT2D eigenvalue weighted by Crippen LogP contribution is 2.36. The fourth-order valence-corrected chi connectivity index (χ4v) is 1.92. The van der Waals surface area contributed by atoms with Gasteiger partial charge in [-0.2, -0.15) is 0 Å². The molecule has 0 aromatic carbocycles. The van der Waals surface area contributed by atoms with Crippen LogP contribution in [0.5, 0.6) is 0 Å². The van der Waals surface area contributed by atoms with Crippen LogP contribution in [0.4, 0.5) is 0 Å². The van der Waals surface area contributed by atoms with Crippen molar-refractivity contribution in [2.24, 2.45) is 0 Å². The first-order valence-corrected chi connectivity index (χ1v) is 4.77. The summed E-state index contributed by atoms with van der Waals surface area (Å²) in [6.45, 7) is 4.53. The Kier molecular flexibility index (Phi) is 3.53. The zero-order valence-corrected chi connectivity index (χ0v) is 9.62. The van der Waals surface area contributed by atoms with Gasteiger partial charge in [0.05, 0.1) is 12.2 Å². The number of hydrogen-bond donors (Lipinski definition) is 0. The molecule has 1 unspecified atom stereocenters.